The van der Waals surface area contributed by atoms with E-state index in [1.807, 2.05) is 19.0 Å². The van der Waals surface area contributed by atoms with E-state index in [0.717, 1.165) is 23.9 Å². The molecule has 168 valence electrons. The van der Waals surface area contributed by atoms with E-state index in [1.54, 1.807) is 24.3 Å². The van der Waals surface area contributed by atoms with Crippen molar-refractivity contribution in [2.24, 2.45) is 10.2 Å². The number of hydrogen-bond donors (Lipinski definition) is 4. The number of carbonyl (C=O) groups is 1. The van der Waals surface area contributed by atoms with Crippen molar-refractivity contribution in [3.8, 4) is 5.75 Å². The first-order valence-corrected chi connectivity index (χ1v) is 11.5. The van der Waals surface area contributed by atoms with Crippen molar-refractivity contribution in [2.75, 3.05) is 24.3 Å². The second-order valence-corrected chi connectivity index (χ2v) is 9.18. The Bertz CT molecular complexity index is 1410. The summed E-state index contributed by atoms with van der Waals surface area (Å²) < 4.78 is 56.1. The molecule has 0 atom stereocenters. The Labute approximate surface area is 184 Å². The first kappa shape index (κ1) is 23.1. The van der Waals surface area contributed by atoms with Crippen LogP contribution in [0.5, 0.6) is 5.75 Å². The van der Waals surface area contributed by atoms with Crippen LogP contribution in [-0.2, 0) is 25.6 Å². The van der Waals surface area contributed by atoms with E-state index in [0.29, 0.717) is 5.69 Å². The molecule has 11 nitrogen and oxygen atoms in total. The fourth-order valence-corrected chi connectivity index (χ4v) is 4.07. The Morgan fingerprint density at radius 1 is 1.06 bits per heavy atom. The van der Waals surface area contributed by atoms with Crippen LogP contribution >= 0.6 is 0 Å². The number of benzene rings is 3. The van der Waals surface area contributed by atoms with Crippen LogP contribution < -0.4 is 10.2 Å². The molecule has 0 aliphatic heterocycles. The number of aromatic hydroxyl groups is 1. The van der Waals surface area contributed by atoms with E-state index in [1.165, 1.54) is 0 Å². The topological polar surface area (TPSA) is 166 Å². The van der Waals surface area contributed by atoms with E-state index in [4.69, 9.17) is 0 Å². The minimum Gasteiger partial charge on any atom is -0.505 e. The van der Waals surface area contributed by atoms with Gasteiger partial charge in [0, 0.05) is 25.2 Å². The molecular formula is C19H18N4O7S2. The molecule has 0 radical (unpaired) electrons. The normalized spacial score (nSPS) is 11.9. The van der Waals surface area contributed by atoms with E-state index in [-0.39, 0.29) is 28.6 Å². The first-order chi connectivity index (χ1) is 15.0. The zero-order valence-electron chi connectivity index (χ0n) is 16.8. The Hall–Kier alpha value is -3.55. The molecule has 3 rings (SSSR count). The first-order valence-electron chi connectivity index (χ1n) is 8.88. The van der Waals surface area contributed by atoms with Crippen LogP contribution in [0.25, 0.3) is 10.8 Å². The third-order valence-corrected chi connectivity index (χ3v) is 6.04. The van der Waals surface area contributed by atoms with Crippen LogP contribution in [0.4, 0.5) is 22.7 Å². The second-order valence-electron chi connectivity index (χ2n) is 6.77. The number of phenolic OH excluding ortho intramolecular Hbond substituents is 1. The molecule has 3 aromatic rings. The summed E-state index contributed by atoms with van der Waals surface area (Å²) in [5, 5.41) is 20.7. The predicted molar refractivity (Wildman–Crippen MR) is 119 cm³/mol. The highest BCUT2D eigenvalue weighted by Crippen LogP contribution is 2.44. The molecule has 0 unspecified atom stereocenters. The summed E-state index contributed by atoms with van der Waals surface area (Å²) in [6.45, 7) is 0. The number of phenols is 1. The number of hydrogen-bond acceptors (Lipinski definition) is 9. The van der Waals surface area contributed by atoms with Crippen molar-refractivity contribution >= 4 is 60.8 Å². The Kier molecular flexibility index (Phi) is 6.43. The maximum absolute atomic E-state index is 11.8. The van der Waals surface area contributed by atoms with Gasteiger partial charge in [-0.3, -0.25) is 9.35 Å². The average Bonchev–Trinajstić information content (AvgIpc) is 2.72. The molecule has 0 aromatic heterocycles. The molecule has 0 aliphatic rings. The summed E-state index contributed by atoms with van der Waals surface area (Å²) in [6.07, 6.45) is 0.234. The van der Waals surface area contributed by atoms with E-state index < -0.39 is 36.4 Å². The number of amides is 1. The van der Waals surface area contributed by atoms with Crippen LogP contribution in [-0.4, -0.2) is 47.0 Å². The van der Waals surface area contributed by atoms with Gasteiger partial charge in [-0.05, 0) is 47.9 Å². The van der Waals surface area contributed by atoms with Gasteiger partial charge in [0.2, 0.25) is 6.41 Å². The number of anilines is 2. The molecule has 3 aromatic carbocycles. The third-order valence-electron chi connectivity index (χ3n) is 4.48. The van der Waals surface area contributed by atoms with Crippen molar-refractivity contribution in [1.29, 1.82) is 0 Å². The standard InChI is InChI=1S/C19H18N4O7S2/c1-23(2)13-5-3-12(4-6-13)21-22-18-16(31(26)27)8-11-7-14(32(28,29)30)9-15(20-10-24)17(11)19(18)25/h3-10,25,31H,1-2H3,(H,20,24)(H,28,29,30)/b22-21+. The zero-order chi connectivity index (χ0) is 23.6. The quantitative estimate of drug-likeness (QED) is 0.174. The number of rotatable bonds is 7. The molecule has 32 heavy (non-hydrogen) atoms. The van der Waals surface area contributed by atoms with Gasteiger partial charge in [-0.15, -0.1) is 5.11 Å². The predicted octanol–water partition coefficient (Wildman–Crippen LogP) is 2.81. The summed E-state index contributed by atoms with van der Waals surface area (Å²) in [6, 6.07) is 9.78. The molecule has 13 heteroatoms. The largest absolute Gasteiger partial charge is 0.505 e. The monoisotopic (exact) mass is 478 g/mol. The number of carbonyl (C=O) groups excluding carboxylic acids is 1. The summed E-state index contributed by atoms with van der Waals surface area (Å²) >= 11 is 0. The summed E-state index contributed by atoms with van der Waals surface area (Å²) in [5.74, 6) is -0.642. The zero-order valence-corrected chi connectivity index (χ0v) is 18.5. The number of thiol groups is 1. The van der Waals surface area contributed by atoms with Gasteiger partial charge < -0.3 is 15.3 Å². The lowest BCUT2D eigenvalue weighted by Crippen LogP contribution is -2.07. The van der Waals surface area contributed by atoms with E-state index in [2.05, 4.69) is 15.5 Å². The van der Waals surface area contributed by atoms with Crippen molar-refractivity contribution in [1.82, 2.24) is 0 Å². The van der Waals surface area contributed by atoms with Crippen LogP contribution in [0.3, 0.4) is 0 Å². The summed E-state index contributed by atoms with van der Waals surface area (Å²) in [7, 11) is -4.24. The van der Waals surface area contributed by atoms with Crippen LogP contribution in [0.1, 0.15) is 0 Å². The Morgan fingerprint density at radius 2 is 1.72 bits per heavy atom. The molecule has 0 spiro atoms. The third kappa shape index (κ3) is 4.69. The Morgan fingerprint density at radius 3 is 2.25 bits per heavy atom. The molecule has 0 aliphatic carbocycles. The van der Waals surface area contributed by atoms with E-state index in [9.17, 15) is 31.3 Å². The second kappa shape index (κ2) is 8.90. The Balaban J connectivity index is 2.25. The molecule has 3 N–H and O–H groups in total. The number of fused-ring (bicyclic) bond motifs is 1. The molecule has 1 amide bonds. The van der Waals surface area contributed by atoms with Crippen molar-refractivity contribution in [2.45, 2.75) is 9.79 Å². The molecule has 0 bridgehead atoms. The van der Waals surface area contributed by atoms with Crippen molar-refractivity contribution in [3.05, 3.63) is 42.5 Å². The molecule has 0 heterocycles. The fourth-order valence-electron chi connectivity index (χ4n) is 2.96. The van der Waals surface area contributed by atoms with Gasteiger partial charge in [0.1, 0.15) is 5.69 Å². The van der Waals surface area contributed by atoms with Gasteiger partial charge in [-0.1, -0.05) is 0 Å². The lowest BCUT2D eigenvalue weighted by Gasteiger charge is -2.13. The average molecular weight is 479 g/mol. The van der Waals surface area contributed by atoms with Gasteiger partial charge in [0.25, 0.3) is 10.1 Å². The van der Waals surface area contributed by atoms with E-state index >= 15 is 0 Å². The van der Waals surface area contributed by atoms with Gasteiger partial charge in [0.05, 0.1) is 21.2 Å². The fraction of sp³-hybridized carbons (Fsp3) is 0.105. The highest BCUT2D eigenvalue weighted by Gasteiger charge is 2.21. The lowest BCUT2D eigenvalue weighted by molar-refractivity contribution is -0.105. The minimum absolute atomic E-state index is 0.0644. The smallest absolute Gasteiger partial charge is 0.294 e. The van der Waals surface area contributed by atoms with Crippen molar-refractivity contribution in [3.63, 3.8) is 0 Å². The van der Waals surface area contributed by atoms with Crippen LogP contribution in [0.15, 0.2) is 62.5 Å². The number of nitrogens with zero attached hydrogens (tertiary/aromatic N) is 3. The SMILES string of the molecule is CN(C)c1ccc(/N=N/c2c([SH](=O)=O)cc3cc(S(=O)(=O)O)cc(NC=O)c3c2O)cc1. The lowest BCUT2D eigenvalue weighted by atomic mass is 10.1. The molecule has 0 fully saturated rings. The van der Waals surface area contributed by atoms with Crippen LogP contribution in [0, 0.1) is 0 Å². The molecule has 0 saturated carbocycles. The maximum atomic E-state index is 11.8. The van der Waals surface area contributed by atoms with Gasteiger partial charge >= 0.3 is 0 Å². The molecular weight excluding hydrogens is 460 g/mol. The number of azo groups is 1. The van der Waals surface area contributed by atoms with Crippen molar-refractivity contribution < 1.29 is 31.3 Å². The summed E-state index contributed by atoms with van der Waals surface area (Å²) in [4.78, 5) is 11.8. The number of nitrogens with one attached hydrogen (secondary N) is 1. The maximum Gasteiger partial charge on any atom is 0.294 e. The molecule has 0 saturated heterocycles. The van der Waals surface area contributed by atoms with Crippen LogP contribution in [0.2, 0.25) is 0 Å². The minimum atomic E-state index is -4.68. The highest BCUT2D eigenvalue weighted by atomic mass is 32.2. The van der Waals surface area contributed by atoms with Gasteiger partial charge in [-0.25, -0.2) is 8.42 Å². The van der Waals surface area contributed by atoms with Gasteiger partial charge in [-0.2, -0.15) is 13.5 Å². The van der Waals surface area contributed by atoms with Gasteiger partial charge in [0.15, 0.2) is 16.5 Å². The summed E-state index contributed by atoms with van der Waals surface area (Å²) in [5.41, 5.74) is 0.719. The highest BCUT2D eigenvalue weighted by molar-refractivity contribution is 7.85.